The molecule has 3 N–H and O–H groups in total. The molecule has 16 heavy (non-hydrogen) atoms. The Morgan fingerprint density at radius 2 is 2.44 bits per heavy atom. The molecule has 0 aromatic carbocycles. The van der Waals surface area contributed by atoms with Crippen molar-refractivity contribution in [2.24, 2.45) is 0 Å². The van der Waals surface area contributed by atoms with Gasteiger partial charge in [0, 0.05) is 30.1 Å². The number of piperidine rings is 1. The van der Waals surface area contributed by atoms with Crippen LogP contribution in [0.2, 0.25) is 0 Å². The molecule has 1 fully saturated rings. The highest BCUT2D eigenvalue weighted by Gasteiger charge is 2.20. The second-order valence-corrected chi connectivity index (χ2v) is 4.22. The van der Waals surface area contributed by atoms with Crippen LogP contribution in [0.3, 0.4) is 0 Å². The summed E-state index contributed by atoms with van der Waals surface area (Å²) in [5.74, 6) is 0.222. The number of carbonyl (C=O) groups excluding carboxylic acids is 1. The van der Waals surface area contributed by atoms with Crippen molar-refractivity contribution in [2.75, 3.05) is 12.3 Å². The topological polar surface area (TPSA) is 68.0 Å². The number of nitrogens with two attached hydrogens (primary N) is 1. The van der Waals surface area contributed by atoms with E-state index in [9.17, 15) is 4.79 Å². The normalized spacial score (nSPS) is 20.6. The lowest BCUT2D eigenvalue weighted by atomic mass is 9.97. The second kappa shape index (κ2) is 5.07. The minimum absolute atomic E-state index is 0.00774. The average Bonchev–Trinajstić information content (AvgIpc) is 2.33. The molecule has 4 nitrogen and oxygen atoms in total. The summed E-state index contributed by atoms with van der Waals surface area (Å²) in [6.45, 7) is 0.943. The fourth-order valence-electron chi connectivity index (χ4n) is 2.02. The maximum atomic E-state index is 12.0. The number of pyridine rings is 1. The van der Waals surface area contributed by atoms with Gasteiger partial charge in [0.2, 0.25) is 0 Å². The summed E-state index contributed by atoms with van der Waals surface area (Å²) < 4.78 is 0. The summed E-state index contributed by atoms with van der Waals surface area (Å²) in [6, 6.07) is 1.74. The van der Waals surface area contributed by atoms with Crippen molar-refractivity contribution in [3.63, 3.8) is 0 Å². The molecule has 1 aromatic heterocycles. The van der Waals surface area contributed by atoms with Crippen molar-refractivity contribution >= 4 is 11.5 Å². The Bertz CT molecular complexity index is 372. The molecule has 0 spiro atoms. The standard InChI is InChI=1S/C12H17N3O/c13-10-4-6-14-8-9(10)7-12(16)11-3-1-2-5-15-11/h4,6,8,11,15H,1-3,5,7H2,(H2,13,14). The number of ketones is 1. The zero-order valence-corrected chi connectivity index (χ0v) is 9.28. The van der Waals surface area contributed by atoms with Crippen LogP contribution in [0.25, 0.3) is 0 Å². The number of nitrogens with one attached hydrogen (secondary N) is 1. The van der Waals surface area contributed by atoms with E-state index in [2.05, 4.69) is 10.3 Å². The lowest BCUT2D eigenvalue weighted by Gasteiger charge is -2.22. The van der Waals surface area contributed by atoms with E-state index in [-0.39, 0.29) is 11.8 Å². The Balaban J connectivity index is 1.99. The predicted octanol–water partition coefficient (Wildman–Crippen LogP) is 0.917. The minimum Gasteiger partial charge on any atom is -0.398 e. The molecule has 1 aliphatic rings. The van der Waals surface area contributed by atoms with E-state index >= 15 is 0 Å². The van der Waals surface area contributed by atoms with E-state index in [1.165, 1.54) is 6.42 Å². The van der Waals surface area contributed by atoms with E-state index in [0.717, 1.165) is 24.9 Å². The van der Waals surface area contributed by atoms with Gasteiger partial charge in [-0.3, -0.25) is 9.78 Å². The number of nitrogens with zero attached hydrogens (tertiary/aromatic N) is 1. The quantitative estimate of drug-likeness (QED) is 0.793. The molecular weight excluding hydrogens is 202 g/mol. The van der Waals surface area contributed by atoms with Crippen LogP contribution in [0.15, 0.2) is 18.5 Å². The summed E-state index contributed by atoms with van der Waals surface area (Å²) in [5, 5.41) is 3.25. The highest BCUT2D eigenvalue weighted by Crippen LogP contribution is 2.14. The van der Waals surface area contributed by atoms with Crippen LogP contribution >= 0.6 is 0 Å². The average molecular weight is 219 g/mol. The first kappa shape index (κ1) is 11.1. The zero-order valence-electron chi connectivity index (χ0n) is 9.28. The lowest BCUT2D eigenvalue weighted by Crippen LogP contribution is -2.41. The summed E-state index contributed by atoms with van der Waals surface area (Å²) >= 11 is 0. The molecule has 1 atom stereocenters. The van der Waals surface area contributed by atoms with Crippen molar-refractivity contribution in [2.45, 2.75) is 31.7 Å². The molecular formula is C12H17N3O. The fourth-order valence-corrected chi connectivity index (χ4v) is 2.02. The number of hydrogen-bond acceptors (Lipinski definition) is 4. The molecule has 0 radical (unpaired) electrons. The van der Waals surface area contributed by atoms with Gasteiger partial charge < -0.3 is 11.1 Å². The number of hydrogen-bond donors (Lipinski definition) is 2. The van der Waals surface area contributed by atoms with E-state index in [4.69, 9.17) is 5.73 Å². The Morgan fingerprint density at radius 3 is 3.12 bits per heavy atom. The summed E-state index contributed by atoms with van der Waals surface area (Å²) in [6.07, 6.45) is 6.94. The van der Waals surface area contributed by atoms with Crippen LogP contribution in [0.1, 0.15) is 24.8 Å². The van der Waals surface area contributed by atoms with Gasteiger partial charge in [-0.1, -0.05) is 6.42 Å². The SMILES string of the molecule is Nc1ccncc1CC(=O)C1CCCCN1. The van der Waals surface area contributed by atoms with Crippen molar-refractivity contribution in [3.8, 4) is 0 Å². The number of anilines is 1. The Kier molecular flexibility index (Phi) is 3.51. The third kappa shape index (κ3) is 2.58. The number of carbonyl (C=O) groups is 1. The summed E-state index contributed by atoms with van der Waals surface area (Å²) in [7, 11) is 0. The van der Waals surface area contributed by atoms with Crippen molar-refractivity contribution in [1.82, 2.24) is 10.3 Å². The van der Waals surface area contributed by atoms with Gasteiger partial charge in [-0.05, 0) is 25.5 Å². The molecule has 1 aliphatic heterocycles. The van der Waals surface area contributed by atoms with Crippen LogP contribution in [0.4, 0.5) is 5.69 Å². The first-order chi connectivity index (χ1) is 7.77. The molecule has 1 saturated heterocycles. The fraction of sp³-hybridized carbons (Fsp3) is 0.500. The summed E-state index contributed by atoms with van der Waals surface area (Å²) in [4.78, 5) is 16.0. The van der Waals surface area contributed by atoms with Crippen LogP contribution in [0, 0.1) is 0 Å². The van der Waals surface area contributed by atoms with E-state index < -0.39 is 0 Å². The molecule has 0 aliphatic carbocycles. The molecule has 0 saturated carbocycles. The van der Waals surface area contributed by atoms with Crippen LogP contribution < -0.4 is 11.1 Å². The van der Waals surface area contributed by atoms with Crippen LogP contribution in [-0.2, 0) is 11.2 Å². The highest BCUT2D eigenvalue weighted by molar-refractivity contribution is 5.87. The Labute approximate surface area is 95.3 Å². The van der Waals surface area contributed by atoms with Crippen molar-refractivity contribution in [1.29, 1.82) is 0 Å². The van der Waals surface area contributed by atoms with E-state index in [1.807, 2.05) is 0 Å². The van der Waals surface area contributed by atoms with Gasteiger partial charge in [-0.25, -0.2) is 0 Å². The maximum absolute atomic E-state index is 12.0. The molecule has 2 heterocycles. The highest BCUT2D eigenvalue weighted by atomic mass is 16.1. The molecule has 2 rings (SSSR count). The first-order valence-corrected chi connectivity index (χ1v) is 5.72. The largest absolute Gasteiger partial charge is 0.398 e. The molecule has 0 amide bonds. The lowest BCUT2D eigenvalue weighted by molar-refractivity contribution is -0.120. The number of aromatic nitrogens is 1. The predicted molar refractivity (Wildman–Crippen MR) is 63.0 cm³/mol. The molecule has 1 unspecified atom stereocenters. The summed E-state index contributed by atoms with van der Waals surface area (Å²) in [5.41, 5.74) is 7.27. The monoisotopic (exact) mass is 219 g/mol. The number of rotatable bonds is 3. The molecule has 4 heteroatoms. The smallest absolute Gasteiger partial charge is 0.154 e. The third-order valence-corrected chi connectivity index (χ3v) is 3.00. The van der Waals surface area contributed by atoms with Gasteiger partial charge in [-0.2, -0.15) is 0 Å². The molecule has 86 valence electrons. The number of Topliss-reactive ketones (excluding diaryl/α,β-unsaturated/α-hetero) is 1. The van der Waals surface area contributed by atoms with Gasteiger partial charge >= 0.3 is 0 Å². The van der Waals surface area contributed by atoms with Gasteiger partial charge in [0.05, 0.1) is 6.04 Å². The van der Waals surface area contributed by atoms with Gasteiger partial charge in [0.25, 0.3) is 0 Å². The second-order valence-electron chi connectivity index (χ2n) is 4.22. The van der Waals surface area contributed by atoms with Crippen LogP contribution in [0.5, 0.6) is 0 Å². The zero-order chi connectivity index (χ0) is 11.4. The molecule has 1 aromatic rings. The van der Waals surface area contributed by atoms with E-state index in [1.54, 1.807) is 18.5 Å². The van der Waals surface area contributed by atoms with Gasteiger partial charge in [0.1, 0.15) is 0 Å². The third-order valence-electron chi connectivity index (χ3n) is 3.00. The number of nitrogen functional groups attached to an aromatic ring is 1. The Hall–Kier alpha value is -1.42. The van der Waals surface area contributed by atoms with Gasteiger partial charge in [0.15, 0.2) is 5.78 Å². The first-order valence-electron chi connectivity index (χ1n) is 5.72. The Morgan fingerprint density at radius 1 is 1.56 bits per heavy atom. The van der Waals surface area contributed by atoms with Crippen LogP contribution in [-0.4, -0.2) is 23.4 Å². The maximum Gasteiger partial charge on any atom is 0.154 e. The van der Waals surface area contributed by atoms with Crippen molar-refractivity contribution < 1.29 is 4.79 Å². The van der Waals surface area contributed by atoms with Gasteiger partial charge in [-0.15, -0.1) is 0 Å². The van der Waals surface area contributed by atoms with E-state index in [0.29, 0.717) is 12.1 Å². The van der Waals surface area contributed by atoms with Crippen molar-refractivity contribution in [3.05, 3.63) is 24.0 Å². The minimum atomic E-state index is 0.00774. The molecule has 0 bridgehead atoms.